The third-order valence-corrected chi connectivity index (χ3v) is 7.11. The summed E-state index contributed by atoms with van der Waals surface area (Å²) in [6.07, 6.45) is -0.483. The first-order chi connectivity index (χ1) is 22.9. The van der Waals surface area contributed by atoms with Crippen molar-refractivity contribution >= 4 is 47.4 Å². The van der Waals surface area contributed by atoms with E-state index in [4.69, 9.17) is 5.73 Å². The highest BCUT2D eigenvalue weighted by Crippen LogP contribution is 2.08. The highest BCUT2D eigenvalue weighted by molar-refractivity contribution is 5.98. The van der Waals surface area contributed by atoms with Crippen LogP contribution in [-0.2, 0) is 38.4 Å². The fraction of sp³-hybridized carbons (Fsp3) is 0.714. The normalized spacial score (nSPS) is 16.0. The third-order valence-electron chi connectivity index (χ3n) is 7.11. The third kappa shape index (κ3) is 15.5. The average molecular weight is 708 g/mol. The van der Waals surface area contributed by atoms with Crippen molar-refractivity contribution in [2.24, 2.45) is 17.6 Å². The maximum atomic E-state index is 12.9. The molecule has 0 saturated carbocycles. The molecule has 8 atom stereocenters. The average Bonchev–Trinajstić information content (AvgIpc) is 3.03. The second-order valence-corrected chi connectivity index (χ2v) is 11.6. The lowest BCUT2D eigenvalue weighted by Gasteiger charge is -2.26. The quantitative estimate of drug-likeness (QED) is 0.0470. The predicted molar refractivity (Wildman–Crippen MR) is 167 cm³/mol. The molecule has 0 aliphatic rings. The summed E-state index contributed by atoms with van der Waals surface area (Å²) in [4.78, 5) is 99.0. The Labute approximate surface area is 281 Å². The summed E-state index contributed by atoms with van der Waals surface area (Å²) < 4.78 is 0. The Morgan fingerprint density at radius 1 is 0.551 bits per heavy atom. The number of rotatable bonds is 23. The molecule has 0 unspecified atom stereocenters. The second kappa shape index (κ2) is 22.2. The molecule has 0 aliphatic heterocycles. The lowest BCUT2D eigenvalue weighted by atomic mass is 9.99. The molecule has 21 nitrogen and oxygen atoms in total. The summed E-state index contributed by atoms with van der Waals surface area (Å²) in [6, 6.07) is -11.4. The van der Waals surface area contributed by atoms with Gasteiger partial charge in [-0.15, -0.1) is 0 Å². The van der Waals surface area contributed by atoms with Gasteiger partial charge in [0.25, 0.3) is 0 Å². The molecule has 0 aromatic rings. The van der Waals surface area contributed by atoms with Crippen LogP contribution < -0.4 is 37.6 Å². The van der Waals surface area contributed by atoms with Crippen molar-refractivity contribution in [1.82, 2.24) is 31.9 Å². The molecule has 49 heavy (non-hydrogen) atoms. The summed E-state index contributed by atoms with van der Waals surface area (Å²) in [5.41, 5.74) is 5.76. The number of amides is 6. The van der Waals surface area contributed by atoms with Crippen molar-refractivity contribution in [3.05, 3.63) is 0 Å². The van der Waals surface area contributed by atoms with Gasteiger partial charge in [-0.2, -0.15) is 0 Å². The summed E-state index contributed by atoms with van der Waals surface area (Å²) >= 11 is 0. The maximum absolute atomic E-state index is 12.9. The molecular formula is C28H49N7O14. The molecule has 0 rings (SSSR count). The van der Waals surface area contributed by atoms with E-state index in [9.17, 15) is 69.0 Å². The first-order valence-electron chi connectivity index (χ1n) is 15.3. The highest BCUT2D eigenvalue weighted by Gasteiger charge is 2.34. The molecule has 0 fully saturated rings. The second-order valence-electron chi connectivity index (χ2n) is 11.6. The molecule has 21 heteroatoms. The van der Waals surface area contributed by atoms with Crippen LogP contribution in [0, 0.1) is 11.8 Å². The summed E-state index contributed by atoms with van der Waals surface area (Å²) in [6.45, 7) is 2.64. The maximum Gasteiger partial charge on any atom is 0.326 e. The molecule has 280 valence electrons. The van der Waals surface area contributed by atoms with Crippen LogP contribution in [0.3, 0.4) is 0 Å². The zero-order valence-corrected chi connectivity index (χ0v) is 27.7. The predicted octanol–water partition coefficient (Wildman–Crippen LogP) is -6.16. The van der Waals surface area contributed by atoms with Crippen molar-refractivity contribution in [3.63, 3.8) is 0 Å². The van der Waals surface area contributed by atoms with E-state index >= 15 is 0 Å². The van der Waals surface area contributed by atoms with E-state index in [0.29, 0.717) is 6.42 Å². The number of carbonyl (C=O) groups excluding carboxylic acids is 6. The number of nitrogens with one attached hydrogen (secondary N) is 6. The lowest BCUT2D eigenvalue weighted by molar-refractivity contribution is -0.144. The van der Waals surface area contributed by atoms with Gasteiger partial charge < -0.3 is 68.3 Å². The van der Waals surface area contributed by atoms with Gasteiger partial charge in [-0.1, -0.05) is 34.1 Å². The zero-order valence-electron chi connectivity index (χ0n) is 27.7. The Hall–Kier alpha value is -4.44. The van der Waals surface area contributed by atoms with Crippen LogP contribution >= 0.6 is 0 Å². The molecule has 6 amide bonds. The molecule has 14 N–H and O–H groups in total. The van der Waals surface area contributed by atoms with Gasteiger partial charge in [0, 0.05) is 0 Å². The van der Waals surface area contributed by atoms with Crippen molar-refractivity contribution in [2.75, 3.05) is 26.4 Å². The van der Waals surface area contributed by atoms with Crippen LogP contribution in [-0.4, -0.2) is 147 Å². The van der Waals surface area contributed by atoms with Crippen LogP contribution in [0.2, 0.25) is 0 Å². The number of aliphatic carboxylic acids is 2. The molecule has 0 spiro atoms. The van der Waals surface area contributed by atoms with Gasteiger partial charge in [0.1, 0.15) is 36.3 Å². The molecule has 0 aromatic carbocycles. The van der Waals surface area contributed by atoms with Gasteiger partial charge in [-0.25, -0.2) is 4.79 Å². The van der Waals surface area contributed by atoms with Crippen LogP contribution in [0.25, 0.3) is 0 Å². The molecule has 0 radical (unpaired) electrons. The first kappa shape index (κ1) is 44.6. The SMILES string of the molecule is CC[C@H](C)[C@H](NC(=O)[C@H](CO)NC(=O)[C@H](CO)NC(=O)[C@H](CC(=O)O)NC(=O)[C@H](CO)NC(=O)[C@H](CO)NC(=O)[C@@H](N)CC(C)C)C(=O)O. The zero-order chi connectivity index (χ0) is 38.0. The standard InChI is InChI=1S/C28H49N7O14/c1-5-13(4)21(28(48)49)35-27(47)19(11-39)34-26(46)18(10-38)32-23(43)15(7-20(40)41)30-24(44)17(9-37)33-25(45)16(8-36)31-22(42)14(29)6-12(2)3/h12-19,21,36-39H,5-11,29H2,1-4H3,(H,30,44)(H,31,42)(H,32,43)(H,33,45)(H,34,46)(H,35,47)(H,40,41)(H,48,49)/t13-,14-,15-,16-,17-,18-,19-,21-/m0/s1. The number of carbonyl (C=O) groups is 8. The van der Waals surface area contributed by atoms with Gasteiger partial charge in [0.2, 0.25) is 35.4 Å². The topological polar surface area (TPSA) is 356 Å². The van der Waals surface area contributed by atoms with E-state index in [-0.39, 0.29) is 12.3 Å². The largest absolute Gasteiger partial charge is 0.481 e. The van der Waals surface area contributed by atoms with E-state index < -0.39 is 128 Å². The van der Waals surface area contributed by atoms with Crippen molar-refractivity contribution < 1.29 is 69.0 Å². The molecular weight excluding hydrogens is 658 g/mol. The molecule has 0 heterocycles. The first-order valence-corrected chi connectivity index (χ1v) is 15.3. The Morgan fingerprint density at radius 2 is 0.878 bits per heavy atom. The van der Waals surface area contributed by atoms with E-state index in [1.807, 2.05) is 21.3 Å². The van der Waals surface area contributed by atoms with Crippen molar-refractivity contribution in [3.8, 4) is 0 Å². The van der Waals surface area contributed by atoms with Crippen LogP contribution in [0.5, 0.6) is 0 Å². The molecule has 0 saturated heterocycles. The van der Waals surface area contributed by atoms with Gasteiger partial charge >= 0.3 is 11.9 Å². The van der Waals surface area contributed by atoms with E-state index in [0.717, 1.165) is 0 Å². The van der Waals surface area contributed by atoms with Crippen molar-refractivity contribution in [2.45, 2.75) is 89.3 Å². The summed E-state index contributed by atoms with van der Waals surface area (Å²) in [5.74, 6) is -10.4. The lowest BCUT2D eigenvalue weighted by Crippen LogP contribution is -2.61. The number of carboxylic acid groups (broad SMARTS) is 2. The Morgan fingerprint density at radius 3 is 1.18 bits per heavy atom. The Bertz CT molecular complexity index is 1170. The minimum Gasteiger partial charge on any atom is -0.481 e. The fourth-order valence-electron chi connectivity index (χ4n) is 4.08. The molecule has 0 aromatic heterocycles. The molecule has 0 aliphatic carbocycles. The number of hydrogen-bond acceptors (Lipinski definition) is 13. The van der Waals surface area contributed by atoms with Crippen molar-refractivity contribution in [1.29, 1.82) is 0 Å². The van der Waals surface area contributed by atoms with E-state index in [1.165, 1.54) is 0 Å². The van der Waals surface area contributed by atoms with Crippen LogP contribution in [0.1, 0.15) is 47.0 Å². The van der Waals surface area contributed by atoms with Crippen LogP contribution in [0.15, 0.2) is 0 Å². The Balaban J connectivity index is 5.67. The number of carboxylic acids is 2. The van der Waals surface area contributed by atoms with Gasteiger partial charge in [0.15, 0.2) is 0 Å². The highest BCUT2D eigenvalue weighted by atomic mass is 16.4. The van der Waals surface area contributed by atoms with Gasteiger partial charge in [-0.3, -0.25) is 33.6 Å². The summed E-state index contributed by atoms with van der Waals surface area (Å²) in [5, 5.41) is 69.7. The van der Waals surface area contributed by atoms with E-state index in [2.05, 4.69) is 10.6 Å². The number of nitrogens with two attached hydrogens (primary N) is 1. The molecule has 0 bridgehead atoms. The summed E-state index contributed by atoms with van der Waals surface area (Å²) in [7, 11) is 0. The smallest absolute Gasteiger partial charge is 0.326 e. The number of aliphatic hydroxyl groups is 4. The van der Waals surface area contributed by atoms with Gasteiger partial charge in [-0.05, 0) is 18.3 Å². The number of aliphatic hydroxyl groups excluding tert-OH is 4. The minimum atomic E-state index is -1.97. The van der Waals surface area contributed by atoms with Crippen LogP contribution in [0.4, 0.5) is 0 Å². The monoisotopic (exact) mass is 707 g/mol. The number of hydrogen-bond donors (Lipinski definition) is 13. The van der Waals surface area contributed by atoms with E-state index in [1.54, 1.807) is 27.7 Å². The minimum absolute atomic E-state index is 0.0273. The Kier molecular flexibility index (Phi) is 20.2. The fourth-order valence-corrected chi connectivity index (χ4v) is 4.08. The van der Waals surface area contributed by atoms with Gasteiger partial charge in [0.05, 0.1) is 38.9 Å².